The number of para-hydroxylation sites is 1. The zero-order valence-corrected chi connectivity index (χ0v) is 12.9. The Morgan fingerprint density at radius 2 is 1.57 bits per heavy atom. The van der Waals surface area contributed by atoms with E-state index < -0.39 is 6.16 Å². The molecule has 0 N–H and O–H groups in total. The molecule has 0 unspecified atom stereocenters. The summed E-state index contributed by atoms with van der Waals surface area (Å²) in [6, 6.07) is 11.2. The summed E-state index contributed by atoms with van der Waals surface area (Å²) in [6.07, 6.45) is 0.0915. The van der Waals surface area contributed by atoms with Crippen LogP contribution in [-0.2, 0) is 6.42 Å². The first kappa shape index (κ1) is 15.1. The van der Waals surface area contributed by atoms with Crippen molar-refractivity contribution in [2.24, 2.45) is 0 Å². The minimum absolute atomic E-state index is 0.539. The second-order valence-electron chi connectivity index (χ2n) is 5.05. The first-order valence-corrected chi connectivity index (χ1v) is 7.07. The van der Waals surface area contributed by atoms with Crippen LogP contribution in [0.15, 0.2) is 36.4 Å². The highest BCUT2D eigenvalue weighted by Crippen LogP contribution is 2.25. The third kappa shape index (κ3) is 3.43. The number of aryl methyl sites for hydroxylation is 2. The number of hydrogen-bond donors (Lipinski definition) is 0. The van der Waals surface area contributed by atoms with Crippen LogP contribution < -0.4 is 9.47 Å². The van der Waals surface area contributed by atoms with Crippen molar-refractivity contribution in [3.8, 4) is 11.5 Å². The molecular weight excluding hydrogens is 264 g/mol. The molecule has 3 nitrogen and oxygen atoms in total. The van der Waals surface area contributed by atoms with Crippen molar-refractivity contribution in [2.45, 2.75) is 34.1 Å². The van der Waals surface area contributed by atoms with Gasteiger partial charge in [-0.3, -0.25) is 0 Å². The number of rotatable bonds is 3. The minimum Gasteiger partial charge on any atom is -0.394 e. The lowest BCUT2D eigenvalue weighted by Gasteiger charge is -2.12. The van der Waals surface area contributed by atoms with Crippen LogP contribution in [0.5, 0.6) is 11.5 Å². The standard InChI is InChI=1S/C18H20O3/c1-5-15-8-6-7-9-17(15)21-18(19)20-16-11-10-12(2)13(3)14(16)4/h6-11H,5H2,1-4H3. The van der Waals surface area contributed by atoms with E-state index in [1.807, 2.05) is 52.0 Å². The Hall–Kier alpha value is -2.29. The van der Waals surface area contributed by atoms with Crippen LogP contribution in [-0.4, -0.2) is 6.16 Å². The first-order chi connectivity index (χ1) is 10.0. The quantitative estimate of drug-likeness (QED) is 0.602. The Morgan fingerprint density at radius 3 is 2.29 bits per heavy atom. The second kappa shape index (κ2) is 6.44. The number of carbonyl (C=O) groups is 1. The highest BCUT2D eigenvalue weighted by Gasteiger charge is 2.13. The zero-order chi connectivity index (χ0) is 15.4. The summed E-state index contributed by atoms with van der Waals surface area (Å²) < 4.78 is 10.6. The Morgan fingerprint density at radius 1 is 0.905 bits per heavy atom. The Balaban J connectivity index is 2.14. The van der Waals surface area contributed by atoms with Gasteiger partial charge in [0.25, 0.3) is 0 Å². The molecule has 0 aliphatic rings. The van der Waals surface area contributed by atoms with Gasteiger partial charge in [0, 0.05) is 0 Å². The van der Waals surface area contributed by atoms with Crippen LogP contribution in [0, 0.1) is 20.8 Å². The van der Waals surface area contributed by atoms with E-state index in [1.54, 1.807) is 12.1 Å². The highest BCUT2D eigenvalue weighted by atomic mass is 16.7. The maximum absolute atomic E-state index is 12.0. The minimum atomic E-state index is -0.706. The van der Waals surface area contributed by atoms with Crippen LogP contribution in [0.3, 0.4) is 0 Å². The van der Waals surface area contributed by atoms with Crippen LogP contribution in [0.25, 0.3) is 0 Å². The fourth-order valence-electron chi connectivity index (χ4n) is 2.14. The van der Waals surface area contributed by atoms with Crippen LogP contribution in [0.1, 0.15) is 29.2 Å². The Kier molecular flexibility index (Phi) is 4.63. The predicted molar refractivity (Wildman–Crippen MR) is 83.1 cm³/mol. The molecule has 0 amide bonds. The highest BCUT2D eigenvalue weighted by molar-refractivity contribution is 5.68. The molecule has 0 spiro atoms. The summed E-state index contributed by atoms with van der Waals surface area (Å²) in [4.78, 5) is 12.0. The summed E-state index contributed by atoms with van der Waals surface area (Å²) in [5, 5.41) is 0. The van der Waals surface area contributed by atoms with Crippen molar-refractivity contribution in [3.05, 3.63) is 58.7 Å². The van der Waals surface area contributed by atoms with Gasteiger partial charge in [-0.25, -0.2) is 4.79 Å². The normalized spacial score (nSPS) is 10.3. The predicted octanol–water partition coefficient (Wildman–Crippen LogP) is 4.75. The molecule has 0 bridgehead atoms. The van der Waals surface area contributed by atoms with E-state index in [2.05, 4.69) is 0 Å². The molecule has 0 aliphatic heterocycles. The van der Waals surface area contributed by atoms with Gasteiger partial charge in [0.15, 0.2) is 0 Å². The van der Waals surface area contributed by atoms with Crippen LogP contribution in [0.4, 0.5) is 4.79 Å². The van der Waals surface area contributed by atoms with Gasteiger partial charge in [0.2, 0.25) is 0 Å². The smallest absolute Gasteiger partial charge is 0.394 e. The first-order valence-electron chi connectivity index (χ1n) is 7.07. The van der Waals surface area contributed by atoms with Crippen molar-refractivity contribution in [1.29, 1.82) is 0 Å². The fraction of sp³-hybridized carbons (Fsp3) is 0.278. The molecule has 0 saturated heterocycles. The molecule has 3 heteroatoms. The summed E-state index contributed by atoms with van der Waals surface area (Å²) in [7, 11) is 0. The molecule has 2 aromatic rings. The van der Waals surface area contributed by atoms with Gasteiger partial charge in [-0.1, -0.05) is 31.2 Å². The summed E-state index contributed by atoms with van der Waals surface area (Å²) in [5.74, 6) is 1.09. The third-order valence-electron chi connectivity index (χ3n) is 3.75. The molecule has 0 atom stereocenters. The van der Waals surface area contributed by atoms with E-state index in [0.29, 0.717) is 11.5 Å². The van der Waals surface area contributed by atoms with Gasteiger partial charge in [-0.05, 0) is 61.6 Å². The van der Waals surface area contributed by atoms with E-state index in [4.69, 9.17) is 9.47 Å². The van der Waals surface area contributed by atoms with E-state index in [0.717, 1.165) is 23.1 Å². The van der Waals surface area contributed by atoms with E-state index >= 15 is 0 Å². The summed E-state index contributed by atoms with van der Waals surface area (Å²) in [5.41, 5.74) is 4.22. The maximum Gasteiger partial charge on any atom is 0.519 e. The van der Waals surface area contributed by atoms with Crippen molar-refractivity contribution in [1.82, 2.24) is 0 Å². The number of ether oxygens (including phenoxy) is 2. The average Bonchev–Trinajstić information content (AvgIpc) is 2.48. The molecule has 2 aromatic carbocycles. The van der Waals surface area contributed by atoms with Gasteiger partial charge in [-0.15, -0.1) is 0 Å². The zero-order valence-electron chi connectivity index (χ0n) is 12.9. The van der Waals surface area contributed by atoms with Gasteiger partial charge < -0.3 is 9.47 Å². The molecule has 0 radical (unpaired) electrons. The molecular formula is C18H20O3. The Bertz CT molecular complexity index is 660. The molecule has 0 aromatic heterocycles. The Labute approximate surface area is 125 Å². The van der Waals surface area contributed by atoms with Gasteiger partial charge in [0.05, 0.1) is 0 Å². The summed E-state index contributed by atoms with van der Waals surface area (Å²) in [6.45, 7) is 7.99. The van der Waals surface area contributed by atoms with E-state index in [1.165, 1.54) is 5.56 Å². The molecule has 110 valence electrons. The lowest BCUT2D eigenvalue weighted by atomic mass is 10.0. The van der Waals surface area contributed by atoms with Gasteiger partial charge in [0.1, 0.15) is 11.5 Å². The van der Waals surface area contributed by atoms with Crippen molar-refractivity contribution in [2.75, 3.05) is 0 Å². The van der Waals surface area contributed by atoms with Crippen molar-refractivity contribution >= 4 is 6.16 Å². The summed E-state index contributed by atoms with van der Waals surface area (Å²) >= 11 is 0. The third-order valence-corrected chi connectivity index (χ3v) is 3.75. The largest absolute Gasteiger partial charge is 0.519 e. The topological polar surface area (TPSA) is 35.5 Å². The lowest BCUT2D eigenvalue weighted by molar-refractivity contribution is 0.151. The SMILES string of the molecule is CCc1ccccc1OC(=O)Oc1ccc(C)c(C)c1C. The molecule has 0 fully saturated rings. The van der Waals surface area contributed by atoms with Crippen molar-refractivity contribution in [3.63, 3.8) is 0 Å². The molecule has 0 heterocycles. The van der Waals surface area contributed by atoms with Crippen molar-refractivity contribution < 1.29 is 14.3 Å². The van der Waals surface area contributed by atoms with E-state index in [9.17, 15) is 4.79 Å². The fourth-order valence-corrected chi connectivity index (χ4v) is 2.14. The molecule has 0 aliphatic carbocycles. The average molecular weight is 284 g/mol. The monoisotopic (exact) mass is 284 g/mol. The van der Waals surface area contributed by atoms with Crippen LogP contribution >= 0.6 is 0 Å². The maximum atomic E-state index is 12.0. The van der Waals surface area contributed by atoms with E-state index in [-0.39, 0.29) is 0 Å². The van der Waals surface area contributed by atoms with Gasteiger partial charge in [-0.2, -0.15) is 0 Å². The molecule has 21 heavy (non-hydrogen) atoms. The molecule has 0 saturated carbocycles. The number of benzene rings is 2. The number of hydrogen-bond acceptors (Lipinski definition) is 3. The second-order valence-corrected chi connectivity index (χ2v) is 5.05. The molecule has 2 rings (SSSR count). The lowest BCUT2D eigenvalue weighted by Crippen LogP contribution is -2.15. The number of carbonyl (C=O) groups excluding carboxylic acids is 1. The van der Waals surface area contributed by atoms with Gasteiger partial charge >= 0.3 is 6.16 Å². The van der Waals surface area contributed by atoms with Crippen LogP contribution in [0.2, 0.25) is 0 Å².